The lowest BCUT2D eigenvalue weighted by Crippen LogP contribution is -2.53. The van der Waals surface area contributed by atoms with Crippen molar-refractivity contribution in [2.24, 2.45) is 0 Å². The molecule has 2 rings (SSSR count). The topological polar surface area (TPSA) is 86.8 Å². The van der Waals surface area contributed by atoms with Crippen molar-refractivity contribution in [1.29, 1.82) is 0 Å². The Morgan fingerprint density at radius 2 is 1.65 bits per heavy atom. The summed E-state index contributed by atoms with van der Waals surface area (Å²) in [4.78, 5) is 28.2. The van der Waals surface area contributed by atoms with E-state index in [0.29, 0.717) is 17.1 Å². The zero-order valence-electron chi connectivity index (χ0n) is 20.4. The first-order valence-corrected chi connectivity index (χ1v) is 13.6. The van der Waals surface area contributed by atoms with E-state index in [1.165, 1.54) is 4.90 Å². The van der Waals surface area contributed by atoms with Crippen molar-refractivity contribution in [2.45, 2.75) is 59.2 Å². The maximum atomic E-state index is 13.6. The molecule has 0 heterocycles. The molecule has 2 aromatic carbocycles. The number of anilines is 1. The van der Waals surface area contributed by atoms with Crippen LogP contribution >= 0.6 is 11.6 Å². The summed E-state index contributed by atoms with van der Waals surface area (Å²) in [5.41, 5.74) is 2.20. The lowest BCUT2D eigenvalue weighted by Gasteiger charge is -2.33. The number of hydrogen-bond donors (Lipinski definition) is 1. The second-order valence-corrected chi connectivity index (χ2v) is 10.8. The number of hydrogen-bond acceptors (Lipinski definition) is 4. The van der Waals surface area contributed by atoms with E-state index in [1.54, 1.807) is 24.3 Å². The third kappa shape index (κ3) is 7.46. The average molecular weight is 508 g/mol. The number of carbonyl (C=O) groups is 2. The smallest absolute Gasteiger partial charge is 0.244 e. The summed E-state index contributed by atoms with van der Waals surface area (Å²) in [5.74, 6) is -0.717. The van der Waals surface area contributed by atoms with Gasteiger partial charge in [0.1, 0.15) is 12.6 Å². The Morgan fingerprint density at radius 1 is 1.03 bits per heavy atom. The van der Waals surface area contributed by atoms with Crippen LogP contribution in [0.1, 0.15) is 44.7 Å². The number of halogens is 1. The van der Waals surface area contributed by atoms with Gasteiger partial charge in [-0.2, -0.15) is 0 Å². The Balaban J connectivity index is 2.44. The molecule has 9 heteroatoms. The van der Waals surface area contributed by atoms with Crippen molar-refractivity contribution in [2.75, 3.05) is 17.1 Å². The molecule has 0 aliphatic rings. The molecule has 2 atom stereocenters. The van der Waals surface area contributed by atoms with Crippen molar-refractivity contribution in [3.63, 3.8) is 0 Å². The number of benzene rings is 2. The molecule has 2 aromatic rings. The molecule has 2 unspecified atom stereocenters. The van der Waals surface area contributed by atoms with E-state index in [9.17, 15) is 18.0 Å². The Hall–Kier alpha value is -2.58. The lowest BCUT2D eigenvalue weighted by molar-refractivity contribution is -0.140. The van der Waals surface area contributed by atoms with Gasteiger partial charge in [0.15, 0.2) is 0 Å². The predicted molar refractivity (Wildman–Crippen MR) is 137 cm³/mol. The standard InChI is InChI=1S/C25H34ClN3O4S/c1-6-19(4)27-25(31)23(7-2)28(16-20-11-9-8-10-18(20)3)24(30)17-29(34(5,32)33)22-14-12-21(26)13-15-22/h8-15,19,23H,6-7,16-17H2,1-5H3,(H,27,31). The monoisotopic (exact) mass is 507 g/mol. The summed E-state index contributed by atoms with van der Waals surface area (Å²) in [6.45, 7) is 7.42. The maximum Gasteiger partial charge on any atom is 0.244 e. The number of nitrogens with one attached hydrogen (secondary N) is 1. The Morgan fingerprint density at radius 3 is 2.18 bits per heavy atom. The van der Waals surface area contributed by atoms with Crippen LogP contribution in [0.5, 0.6) is 0 Å². The van der Waals surface area contributed by atoms with E-state index in [4.69, 9.17) is 11.6 Å². The Bertz CT molecular complexity index is 1090. The summed E-state index contributed by atoms with van der Waals surface area (Å²) in [7, 11) is -3.77. The lowest BCUT2D eigenvalue weighted by atomic mass is 10.1. The quantitative estimate of drug-likeness (QED) is 0.495. The number of amides is 2. The zero-order chi connectivity index (χ0) is 25.5. The molecule has 7 nitrogen and oxygen atoms in total. The minimum absolute atomic E-state index is 0.0430. The maximum absolute atomic E-state index is 13.6. The molecular formula is C25H34ClN3O4S. The molecule has 0 aliphatic carbocycles. The molecule has 0 aliphatic heterocycles. The van der Waals surface area contributed by atoms with Crippen LogP contribution in [0.15, 0.2) is 48.5 Å². The van der Waals surface area contributed by atoms with E-state index in [2.05, 4.69) is 5.32 Å². The fourth-order valence-corrected chi connectivity index (χ4v) is 4.53. The minimum atomic E-state index is -3.77. The van der Waals surface area contributed by atoms with Gasteiger partial charge in [0.05, 0.1) is 11.9 Å². The Labute approximate surface area is 208 Å². The minimum Gasteiger partial charge on any atom is -0.352 e. The number of carbonyl (C=O) groups excluding carboxylic acids is 2. The first kappa shape index (κ1) is 27.7. The van der Waals surface area contributed by atoms with Crippen LogP contribution in [-0.2, 0) is 26.2 Å². The van der Waals surface area contributed by atoms with Crippen molar-refractivity contribution >= 4 is 39.1 Å². The van der Waals surface area contributed by atoms with Gasteiger partial charge in [-0.25, -0.2) is 8.42 Å². The van der Waals surface area contributed by atoms with Crippen LogP contribution in [-0.4, -0.2) is 50.0 Å². The highest BCUT2D eigenvalue weighted by atomic mass is 35.5. The van der Waals surface area contributed by atoms with Crippen molar-refractivity contribution < 1.29 is 18.0 Å². The van der Waals surface area contributed by atoms with Crippen LogP contribution in [0.2, 0.25) is 5.02 Å². The molecule has 34 heavy (non-hydrogen) atoms. The van der Waals surface area contributed by atoms with Gasteiger partial charge < -0.3 is 10.2 Å². The summed E-state index contributed by atoms with van der Waals surface area (Å²) in [5, 5.41) is 3.41. The second kappa shape index (κ2) is 12.2. The summed E-state index contributed by atoms with van der Waals surface area (Å²) in [6, 6.07) is 13.1. The number of rotatable bonds is 11. The van der Waals surface area contributed by atoms with Crippen LogP contribution < -0.4 is 9.62 Å². The molecule has 0 radical (unpaired) electrons. The molecular weight excluding hydrogens is 474 g/mol. The Kier molecular flexibility index (Phi) is 9.94. The molecule has 0 saturated carbocycles. The fraction of sp³-hybridized carbons (Fsp3) is 0.440. The first-order valence-electron chi connectivity index (χ1n) is 11.4. The number of nitrogens with zero attached hydrogens (tertiary/aromatic N) is 2. The van der Waals surface area contributed by atoms with Gasteiger partial charge >= 0.3 is 0 Å². The highest BCUT2D eigenvalue weighted by Gasteiger charge is 2.32. The van der Waals surface area contributed by atoms with Crippen LogP contribution in [0.4, 0.5) is 5.69 Å². The SMILES string of the molecule is CCC(C)NC(=O)C(CC)N(Cc1ccccc1C)C(=O)CN(c1ccc(Cl)cc1)S(C)(=O)=O. The van der Waals surface area contributed by atoms with Gasteiger partial charge in [0, 0.05) is 17.6 Å². The molecule has 186 valence electrons. The molecule has 2 amide bonds. The van der Waals surface area contributed by atoms with E-state index in [0.717, 1.165) is 28.1 Å². The normalized spacial score (nSPS) is 13.1. The highest BCUT2D eigenvalue weighted by Crippen LogP contribution is 2.22. The fourth-order valence-electron chi connectivity index (χ4n) is 3.55. The first-order chi connectivity index (χ1) is 16.0. The largest absolute Gasteiger partial charge is 0.352 e. The zero-order valence-corrected chi connectivity index (χ0v) is 22.0. The molecule has 1 N–H and O–H groups in total. The summed E-state index contributed by atoms with van der Waals surface area (Å²) < 4.78 is 26.2. The molecule has 0 aromatic heterocycles. The van der Waals surface area contributed by atoms with Gasteiger partial charge in [-0.05, 0) is 62.1 Å². The summed E-state index contributed by atoms with van der Waals surface area (Å²) in [6.07, 6.45) is 2.19. The van der Waals surface area contributed by atoms with Gasteiger partial charge in [-0.3, -0.25) is 13.9 Å². The van der Waals surface area contributed by atoms with Gasteiger partial charge in [0.25, 0.3) is 0 Å². The molecule has 0 fully saturated rings. The third-order valence-corrected chi connectivity index (χ3v) is 7.18. The molecule has 0 spiro atoms. The van der Waals surface area contributed by atoms with Crippen LogP contribution in [0, 0.1) is 6.92 Å². The average Bonchev–Trinajstić information content (AvgIpc) is 2.78. The second-order valence-electron chi connectivity index (χ2n) is 8.44. The van der Waals surface area contributed by atoms with Gasteiger partial charge in [-0.15, -0.1) is 0 Å². The number of sulfonamides is 1. The van der Waals surface area contributed by atoms with Gasteiger partial charge in [-0.1, -0.05) is 49.7 Å². The van der Waals surface area contributed by atoms with Crippen molar-refractivity contribution in [1.82, 2.24) is 10.2 Å². The van der Waals surface area contributed by atoms with Gasteiger partial charge in [0.2, 0.25) is 21.8 Å². The van der Waals surface area contributed by atoms with Crippen LogP contribution in [0.3, 0.4) is 0 Å². The number of aryl methyl sites for hydroxylation is 1. The molecule has 0 saturated heterocycles. The van der Waals surface area contributed by atoms with Crippen molar-refractivity contribution in [3.05, 3.63) is 64.7 Å². The third-order valence-electron chi connectivity index (χ3n) is 5.78. The van der Waals surface area contributed by atoms with E-state index < -0.39 is 28.5 Å². The molecule has 0 bridgehead atoms. The van der Waals surface area contributed by atoms with Crippen molar-refractivity contribution in [3.8, 4) is 0 Å². The predicted octanol–water partition coefficient (Wildman–Crippen LogP) is 4.14. The highest BCUT2D eigenvalue weighted by molar-refractivity contribution is 7.92. The van der Waals surface area contributed by atoms with Crippen LogP contribution in [0.25, 0.3) is 0 Å². The van der Waals surface area contributed by atoms with E-state index in [1.807, 2.05) is 52.0 Å². The van der Waals surface area contributed by atoms with E-state index >= 15 is 0 Å². The van der Waals surface area contributed by atoms with E-state index in [-0.39, 0.29) is 18.5 Å². The summed E-state index contributed by atoms with van der Waals surface area (Å²) >= 11 is 5.95.